The first-order chi connectivity index (χ1) is 16.3. The summed E-state index contributed by atoms with van der Waals surface area (Å²) in [6.07, 6.45) is 26.2. The van der Waals surface area contributed by atoms with Crippen molar-refractivity contribution in [2.75, 3.05) is 31.3 Å². The molecule has 0 radical (unpaired) electrons. The average Bonchev–Trinajstić information content (AvgIpc) is 2.81. The molecule has 202 valence electrons. The molecule has 0 heterocycles. The molecule has 0 aliphatic carbocycles. The number of hydrogen-bond donors (Lipinski definition) is 0. The van der Waals surface area contributed by atoms with E-state index in [-0.39, 0.29) is 0 Å². The first-order valence-corrected chi connectivity index (χ1v) is 17.3. The second kappa shape index (κ2) is 34.6. The molecule has 0 N–H and O–H groups in total. The Morgan fingerprint density at radius 2 is 0.667 bits per heavy atom. The molecular weight excluding hydrogens is 444 g/mol. The van der Waals surface area contributed by atoms with E-state index in [1.807, 2.05) is 20.8 Å². The average molecular weight is 507 g/mol. The van der Waals surface area contributed by atoms with Gasteiger partial charge in [0, 0.05) is 19.8 Å². The number of thioether (sulfide) groups is 1. The van der Waals surface area contributed by atoms with Crippen LogP contribution in [0.25, 0.3) is 0 Å². The highest BCUT2D eigenvalue weighted by Gasteiger charge is 2.11. The van der Waals surface area contributed by atoms with Gasteiger partial charge in [-0.15, -0.1) is 0 Å². The summed E-state index contributed by atoms with van der Waals surface area (Å²) in [5, 5.41) is 0. The monoisotopic (exact) mass is 506 g/mol. The van der Waals surface area contributed by atoms with Crippen molar-refractivity contribution in [2.45, 2.75) is 150 Å². The van der Waals surface area contributed by atoms with Crippen molar-refractivity contribution in [2.24, 2.45) is 0 Å². The van der Waals surface area contributed by atoms with Gasteiger partial charge in [-0.1, -0.05) is 117 Å². The fourth-order valence-electron chi connectivity index (χ4n) is 3.68. The Kier molecular flexibility index (Phi) is 37.3. The molecule has 0 unspecified atom stereocenters. The van der Waals surface area contributed by atoms with E-state index >= 15 is 0 Å². The van der Waals surface area contributed by atoms with Crippen LogP contribution in [0.3, 0.4) is 0 Å². The predicted octanol–water partition coefficient (Wildman–Crippen LogP) is 9.59. The van der Waals surface area contributed by atoms with Crippen LogP contribution < -0.4 is 0 Å². The molecule has 0 aromatic carbocycles. The lowest BCUT2D eigenvalue weighted by molar-refractivity contribution is 0.107. The van der Waals surface area contributed by atoms with E-state index in [4.69, 9.17) is 13.3 Å². The molecular formula is C28H62O3SSi. The molecule has 0 aliphatic rings. The Hall–Kier alpha value is 0.447. The molecule has 0 atom stereocenters. The lowest BCUT2D eigenvalue weighted by Crippen LogP contribution is -2.27. The summed E-state index contributed by atoms with van der Waals surface area (Å²) in [5.74, 6) is 2.82. The smallest absolute Gasteiger partial charge is 0.376 e. The van der Waals surface area contributed by atoms with E-state index in [9.17, 15) is 0 Å². The second-order valence-corrected chi connectivity index (χ2v) is 11.7. The lowest BCUT2D eigenvalue weighted by Gasteiger charge is -2.12. The topological polar surface area (TPSA) is 27.7 Å². The van der Waals surface area contributed by atoms with Gasteiger partial charge in [-0.3, -0.25) is 0 Å². The number of hydrogen-bond acceptors (Lipinski definition) is 4. The third-order valence-electron chi connectivity index (χ3n) is 5.69. The summed E-state index contributed by atoms with van der Waals surface area (Å²) < 4.78 is 15.7. The van der Waals surface area contributed by atoms with E-state index in [0.717, 1.165) is 0 Å². The van der Waals surface area contributed by atoms with E-state index in [1.165, 1.54) is 127 Å². The van der Waals surface area contributed by atoms with Crippen LogP contribution in [0, 0.1) is 0 Å². The zero-order chi connectivity index (χ0) is 24.7. The van der Waals surface area contributed by atoms with Gasteiger partial charge in [0.05, 0.1) is 0 Å². The van der Waals surface area contributed by atoms with Gasteiger partial charge in [0.1, 0.15) is 0 Å². The zero-order valence-electron chi connectivity index (χ0n) is 23.5. The van der Waals surface area contributed by atoms with Crippen LogP contribution in [0.2, 0.25) is 0 Å². The van der Waals surface area contributed by atoms with Gasteiger partial charge >= 0.3 is 9.53 Å². The largest absolute Gasteiger partial charge is 0.484 e. The minimum atomic E-state index is -1.73. The Morgan fingerprint density at radius 1 is 0.394 bits per heavy atom. The SMILES string of the molecule is CCCCCCCCCCCSCCCCCCCCCCC.CCO[SiH](OCC)OCC. The van der Waals surface area contributed by atoms with E-state index in [2.05, 4.69) is 25.6 Å². The summed E-state index contributed by atoms with van der Waals surface area (Å²) in [7, 11) is -1.73. The van der Waals surface area contributed by atoms with Gasteiger partial charge < -0.3 is 13.3 Å². The van der Waals surface area contributed by atoms with Gasteiger partial charge in [-0.2, -0.15) is 11.8 Å². The molecule has 0 bridgehead atoms. The summed E-state index contributed by atoms with van der Waals surface area (Å²) in [5.41, 5.74) is 0. The Morgan fingerprint density at radius 3 is 0.939 bits per heavy atom. The summed E-state index contributed by atoms with van der Waals surface area (Å²) >= 11 is 2.20. The van der Waals surface area contributed by atoms with Gasteiger partial charge in [0.15, 0.2) is 0 Å². The van der Waals surface area contributed by atoms with E-state index < -0.39 is 9.53 Å². The third kappa shape index (κ3) is 34.7. The molecule has 0 aliphatic heterocycles. The summed E-state index contributed by atoms with van der Waals surface area (Å²) in [4.78, 5) is 0. The lowest BCUT2D eigenvalue weighted by atomic mass is 10.1. The molecule has 0 spiro atoms. The number of rotatable bonds is 26. The van der Waals surface area contributed by atoms with Crippen molar-refractivity contribution in [1.82, 2.24) is 0 Å². The zero-order valence-corrected chi connectivity index (χ0v) is 25.4. The molecule has 3 nitrogen and oxygen atoms in total. The van der Waals surface area contributed by atoms with Crippen LogP contribution in [0.15, 0.2) is 0 Å². The van der Waals surface area contributed by atoms with Crippen molar-refractivity contribution in [3.8, 4) is 0 Å². The van der Waals surface area contributed by atoms with Crippen LogP contribution in [0.1, 0.15) is 150 Å². The minimum absolute atomic E-state index is 0.677. The molecule has 0 saturated carbocycles. The molecule has 0 rings (SSSR count). The summed E-state index contributed by atoms with van der Waals surface area (Å²) in [6, 6.07) is 0. The van der Waals surface area contributed by atoms with Crippen LogP contribution >= 0.6 is 11.8 Å². The Labute approximate surface area is 215 Å². The molecule has 0 aromatic heterocycles. The van der Waals surface area contributed by atoms with Crippen LogP contribution in [-0.2, 0) is 13.3 Å². The predicted molar refractivity (Wildman–Crippen MR) is 154 cm³/mol. The standard InChI is InChI=1S/C22H46S.C6H16O3Si/c1-3-5-7-9-11-13-15-17-19-21-23-22-20-18-16-14-12-10-8-6-4-2;1-4-7-10(8-5-2)9-6-3/h3-22H2,1-2H3;10H,4-6H2,1-3H3. The quantitative estimate of drug-likeness (QED) is 0.0862. The van der Waals surface area contributed by atoms with Crippen LogP contribution in [-0.4, -0.2) is 40.9 Å². The molecule has 0 saturated heterocycles. The molecule has 0 aromatic rings. The third-order valence-corrected chi connectivity index (χ3v) is 8.66. The normalized spacial score (nSPS) is 11.1. The van der Waals surface area contributed by atoms with Crippen molar-refractivity contribution < 1.29 is 13.3 Å². The van der Waals surface area contributed by atoms with E-state index in [0.29, 0.717) is 19.8 Å². The maximum absolute atomic E-state index is 5.22. The summed E-state index contributed by atoms with van der Waals surface area (Å²) in [6.45, 7) is 12.5. The van der Waals surface area contributed by atoms with Crippen molar-refractivity contribution in [3.05, 3.63) is 0 Å². The van der Waals surface area contributed by atoms with Crippen molar-refractivity contribution >= 4 is 21.3 Å². The first kappa shape index (κ1) is 35.6. The van der Waals surface area contributed by atoms with Crippen molar-refractivity contribution in [3.63, 3.8) is 0 Å². The van der Waals surface area contributed by atoms with Crippen LogP contribution in [0.4, 0.5) is 0 Å². The van der Waals surface area contributed by atoms with Gasteiger partial charge in [0.2, 0.25) is 0 Å². The Bertz CT molecular complexity index is 287. The molecule has 0 amide bonds. The fraction of sp³-hybridized carbons (Fsp3) is 1.00. The van der Waals surface area contributed by atoms with E-state index in [1.54, 1.807) is 0 Å². The molecule has 5 heteroatoms. The highest BCUT2D eigenvalue weighted by atomic mass is 32.2. The van der Waals surface area contributed by atoms with Gasteiger partial charge in [-0.05, 0) is 45.1 Å². The van der Waals surface area contributed by atoms with Crippen LogP contribution in [0.5, 0.6) is 0 Å². The highest BCUT2D eigenvalue weighted by molar-refractivity contribution is 7.99. The number of unbranched alkanes of at least 4 members (excludes halogenated alkanes) is 16. The highest BCUT2D eigenvalue weighted by Crippen LogP contribution is 2.14. The minimum Gasteiger partial charge on any atom is -0.376 e. The Balaban J connectivity index is 0. The molecule has 0 fully saturated rings. The maximum Gasteiger partial charge on any atom is 0.484 e. The van der Waals surface area contributed by atoms with Crippen molar-refractivity contribution in [1.29, 1.82) is 0 Å². The molecule has 33 heavy (non-hydrogen) atoms. The maximum atomic E-state index is 5.22. The van der Waals surface area contributed by atoms with Gasteiger partial charge in [0.25, 0.3) is 0 Å². The second-order valence-electron chi connectivity index (χ2n) is 8.92. The fourth-order valence-corrected chi connectivity index (χ4v) is 5.81. The first-order valence-electron chi connectivity index (χ1n) is 14.7. The van der Waals surface area contributed by atoms with Gasteiger partial charge in [-0.25, -0.2) is 0 Å².